The number of hydrogen-bond donors (Lipinski definition) is 3. The molecule has 228 valence electrons. The van der Waals surface area contributed by atoms with Gasteiger partial charge in [-0.1, -0.05) is 6.58 Å². The highest BCUT2D eigenvalue weighted by atomic mass is 16.6. The first-order valence-electron chi connectivity index (χ1n) is 14.6. The summed E-state index contributed by atoms with van der Waals surface area (Å²) in [6.07, 6.45) is 0.618. The van der Waals surface area contributed by atoms with E-state index in [9.17, 15) is 24.6 Å². The van der Waals surface area contributed by atoms with E-state index < -0.39 is 23.6 Å². The quantitative estimate of drug-likeness (QED) is 0.295. The van der Waals surface area contributed by atoms with E-state index in [1.807, 2.05) is 12.1 Å². The summed E-state index contributed by atoms with van der Waals surface area (Å²) in [6.45, 7) is 10.4. The van der Waals surface area contributed by atoms with Crippen molar-refractivity contribution < 1.29 is 34.0 Å². The van der Waals surface area contributed by atoms with E-state index in [4.69, 9.17) is 14.2 Å². The third-order valence-electron chi connectivity index (χ3n) is 8.23. The molecular weight excluding hydrogens is 554 g/mol. The number of carbonyl (C=O) groups is 2. The minimum Gasteiger partial charge on any atom is -0.489 e. The van der Waals surface area contributed by atoms with Crippen molar-refractivity contribution in [1.82, 2.24) is 9.47 Å². The summed E-state index contributed by atoms with van der Waals surface area (Å²) >= 11 is 0. The molecule has 0 radical (unpaired) electrons. The van der Waals surface area contributed by atoms with E-state index >= 15 is 0 Å². The lowest BCUT2D eigenvalue weighted by atomic mass is 9.88. The first-order chi connectivity index (χ1) is 20.4. The molecule has 1 aromatic carbocycles. The number of pyridine rings is 1. The van der Waals surface area contributed by atoms with Gasteiger partial charge >= 0.3 is 11.9 Å². The summed E-state index contributed by atoms with van der Waals surface area (Å²) in [5, 5.41) is 23.9. The predicted molar refractivity (Wildman–Crippen MR) is 157 cm³/mol. The van der Waals surface area contributed by atoms with Crippen LogP contribution in [0.15, 0.2) is 46.8 Å². The standard InChI is InChI=1S/C32H37N3O8/c1-17(30(39)43-32(2,3)4)15-41-19-7-8-25-20(11-19)22(13-34(9-10-36)18-5-6-18)23-14-35-26(27(23)33-25)12-21-24(29(35)38)16-42-31(40)28(21)37/h7-8,11-12,18,27-28,33,36-37H,1,5-6,9-10,13-16H2,2-4H3. The van der Waals surface area contributed by atoms with Gasteiger partial charge in [0.25, 0.3) is 5.56 Å². The molecule has 0 saturated heterocycles. The van der Waals surface area contributed by atoms with Gasteiger partial charge in [0.1, 0.15) is 24.6 Å². The zero-order chi connectivity index (χ0) is 30.6. The van der Waals surface area contributed by atoms with Crippen LogP contribution in [0.2, 0.25) is 0 Å². The van der Waals surface area contributed by atoms with Crippen LogP contribution in [-0.4, -0.2) is 69.6 Å². The average molecular weight is 592 g/mol. The fourth-order valence-corrected chi connectivity index (χ4v) is 5.98. The molecule has 4 aliphatic rings. The number of aliphatic hydroxyl groups excluding tert-OH is 2. The van der Waals surface area contributed by atoms with Crippen molar-refractivity contribution >= 4 is 23.2 Å². The van der Waals surface area contributed by atoms with Crippen LogP contribution in [0.3, 0.4) is 0 Å². The van der Waals surface area contributed by atoms with Gasteiger partial charge in [-0.2, -0.15) is 0 Å². The van der Waals surface area contributed by atoms with Gasteiger partial charge in [0.15, 0.2) is 6.10 Å². The van der Waals surface area contributed by atoms with E-state index in [-0.39, 0.29) is 48.1 Å². The number of nitrogens with one attached hydrogen (secondary N) is 1. The second-order valence-electron chi connectivity index (χ2n) is 12.5. The van der Waals surface area contributed by atoms with Gasteiger partial charge in [0, 0.05) is 48.2 Å². The van der Waals surface area contributed by atoms with Crippen molar-refractivity contribution in [2.75, 3.05) is 31.6 Å². The maximum atomic E-state index is 13.6. The number of cyclic esters (lactones) is 1. The minimum atomic E-state index is -1.50. The van der Waals surface area contributed by atoms with Gasteiger partial charge in [-0.15, -0.1) is 0 Å². The number of aromatic nitrogens is 1. The maximum Gasteiger partial charge on any atom is 0.340 e. The lowest BCUT2D eigenvalue weighted by Crippen LogP contribution is -2.33. The molecule has 1 aliphatic carbocycles. The highest BCUT2D eigenvalue weighted by Crippen LogP contribution is 2.47. The molecule has 3 N–H and O–H groups in total. The number of ether oxygens (including phenoxy) is 3. The van der Waals surface area contributed by atoms with E-state index in [2.05, 4.69) is 16.8 Å². The third kappa shape index (κ3) is 5.60. The van der Waals surface area contributed by atoms with Crippen molar-refractivity contribution in [3.8, 4) is 5.75 Å². The number of rotatable bonds is 9. The molecular formula is C32H37N3O8. The summed E-state index contributed by atoms with van der Waals surface area (Å²) in [5.74, 6) is -0.737. The van der Waals surface area contributed by atoms with Crippen LogP contribution in [0.5, 0.6) is 5.75 Å². The number of esters is 2. The van der Waals surface area contributed by atoms with E-state index in [1.54, 1.807) is 37.5 Å². The minimum absolute atomic E-state index is 0.0297. The van der Waals surface area contributed by atoms with Crippen LogP contribution in [0.25, 0.3) is 5.57 Å². The molecule has 3 aliphatic heterocycles. The Kier molecular flexibility index (Phi) is 7.44. The van der Waals surface area contributed by atoms with Crippen molar-refractivity contribution in [1.29, 1.82) is 0 Å². The van der Waals surface area contributed by atoms with Crippen LogP contribution in [0, 0.1) is 0 Å². The molecule has 4 heterocycles. The Morgan fingerprint density at radius 1 is 1.23 bits per heavy atom. The van der Waals surface area contributed by atoms with Gasteiger partial charge in [0.2, 0.25) is 0 Å². The number of carbonyl (C=O) groups excluding carboxylic acids is 2. The van der Waals surface area contributed by atoms with Crippen molar-refractivity contribution in [2.45, 2.75) is 70.6 Å². The Hall–Kier alpha value is -3.93. The van der Waals surface area contributed by atoms with E-state index in [1.165, 1.54) is 0 Å². The van der Waals surface area contributed by atoms with Gasteiger partial charge in [0.05, 0.1) is 23.8 Å². The lowest BCUT2D eigenvalue weighted by Gasteiger charge is -2.32. The Balaban J connectivity index is 1.36. The number of aliphatic hydroxyl groups is 2. The highest BCUT2D eigenvalue weighted by Gasteiger charge is 2.40. The largest absolute Gasteiger partial charge is 0.489 e. The zero-order valence-corrected chi connectivity index (χ0v) is 24.6. The maximum absolute atomic E-state index is 13.6. The zero-order valence-electron chi connectivity index (χ0n) is 24.6. The lowest BCUT2D eigenvalue weighted by molar-refractivity contribution is -0.157. The van der Waals surface area contributed by atoms with Gasteiger partial charge < -0.3 is 34.3 Å². The monoisotopic (exact) mass is 591 g/mol. The van der Waals surface area contributed by atoms with Crippen molar-refractivity contribution in [2.24, 2.45) is 0 Å². The van der Waals surface area contributed by atoms with Crippen molar-refractivity contribution in [3.05, 3.63) is 74.7 Å². The molecule has 1 fully saturated rings. The molecule has 0 spiro atoms. The molecule has 6 rings (SSSR count). The number of hydrogen-bond acceptors (Lipinski definition) is 10. The summed E-state index contributed by atoms with van der Waals surface area (Å²) in [4.78, 5) is 40.3. The summed E-state index contributed by atoms with van der Waals surface area (Å²) in [5.41, 5.74) is 4.27. The Morgan fingerprint density at radius 2 is 2.00 bits per heavy atom. The smallest absolute Gasteiger partial charge is 0.340 e. The fourth-order valence-electron chi connectivity index (χ4n) is 5.98. The first-order valence-corrected chi connectivity index (χ1v) is 14.6. The van der Waals surface area contributed by atoms with Crippen LogP contribution in [0.1, 0.15) is 68.1 Å². The average Bonchev–Trinajstić information content (AvgIpc) is 3.74. The second kappa shape index (κ2) is 11.0. The fraction of sp³-hybridized carbons (Fsp3) is 0.469. The third-order valence-corrected chi connectivity index (χ3v) is 8.23. The molecule has 2 aromatic rings. The number of anilines is 1. The second-order valence-corrected chi connectivity index (χ2v) is 12.5. The van der Waals surface area contributed by atoms with Crippen LogP contribution < -0.4 is 15.6 Å². The van der Waals surface area contributed by atoms with Crippen molar-refractivity contribution in [3.63, 3.8) is 0 Å². The van der Waals surface area contributed by atoms with Crippen LogP contribution in [-0.2, 0) is 32.2 Å². The Morgan fingerprint density at radius 3 is 2.70 bits per heavy atom. The molecule has 11 nitrogen and oxygen atoms in total. The van der Waals surface area contributed by atoms with Gasteiger partial charge in [-0.3, -0.25) is 9.69 Å². The normalized spacial score (nSPS) is 20.5. The molecule has 0 bridgehead atoms. The van der Waals surface area contributed by atoms with E-state index in [0.29, 0.717) is 37.1 Å². The summed E-state index contributed by atoms with van der Waals surface area (Å²) in [6, 6.07) is 7.39. The Labute approximate surface area is 249 Å². The van der Waals surface area contributed by atoms with Gasteiger partial charge in [-0.25, -0.2) is 9.59 Å². The van der Waals surface area contributed by atoms with Crippen LogP contribution >= 0.6 is 0 Å². The number of benzene rings is 1. The molecule has 0 amide bonds. The predicted octanol–water partition coefficient (Wildman–Crippen LogP) is 2.61. The molecule has 1 aromatic heterocycles. The number of nitrogens with zero attached hydrogens (tertiary/aromatic N) is 2. The molecule has 2 unspecified atom stereocenters. The summed E-state index contributed by atoms with van der Waals surface area (Å²) in [7, 11) is 0. The van der Waals surface area contributed by atoms with E-state index in [0.717, 1.165) is 35.2 Å². The first kappa shape index (κ1) is 29.2. The van der Waals surface area contributed by atoms with Crippen LogP contribution in [0.4, 0.5) is 5.69 Å². The van der Waals surface area contributed by atoms with Gasteiger partial charge in [-0.05, 0) is 69.0 Å². The molecule has 2 atom stereocenters. The topological polar surface area (TPSA) is 140 Å². The number of fused-ring (bicyclic) bond motifs is 5. The SMILES string of the molecule is C=C(COc1ccc2c(c1)C(CN(CCO)C1CC1)=C1Cn3c(cc4c(c3=O)COC(=O)C4O)C1N2)C(=O)OC(C)(C)C. The highest BCUT2D eigenvalue weighted by molar-refractivity contribution is 5.88. The Bertz CT molecular complexity index is 1600. The molecule has 11 heteroatoms. The molecule has 43 heavy (non-hydrogen) atoms. The molecule has 1 saturated carbocycles. The summed E-state index contributed by atoms with van der Waals surface area (Å²) < 4.78 is 18.1.